The maximum absolute atomic E-state index is 12.9. The number of halogens is 4. The summed E-state index contributed by atoms with van der Waals surface area (Å²) in [5.41, 5.74) is -0.535. The van der Waals surface area contributed by atoms with Gasteiger partial charge in [0.1, 0.15) is 16.5 Å². The minimum atomic E-state index is -5.09. The third kappa shape index (κ3) is 3.54. The van der Waals surface area contributed by atoms with Crippen molar-refractivity contribution in [1.82, 2.24) is 0 Å². The molecule has 0 saturated carbocycles. The quantitative estimate of drug-likeness (QED) is 0.311. The van der Waals surface area contributed by atoms with Gasteiger partial charge < -0.3 is 10.2 Å². The van der Waals surface area contributed by atoms with Crippen LogP contribution in [0.2, 0.25) is 20.1 Å². The molecule has 0 fully saturated rings. The van der Waals surface area contributed by atoms with Gasteiger partial charge >= 0.3 is 0 Å². The fourth-order valence-electron chi connectivity index (χ4n) is 3.19. The molecule has 0 bridgehead atoms. The van der Waals surface area contributed by atoms with Gasteiger partial charge in [0.25, 0.3) is 10.1 Å². The summed E-state index contributed by atoms with van der Waals surface area (Å²) in [6.45, 7) is 0. The van der Waals surface area contributed by atoms with Gasteiger partial charge in [0, 0.05) is 16.1 Å². The summed E-state index contributed by atoms with van der Waals surface area (Å²) in [6, 6.07) is 11.9. The predicted molar refractivity (Wildman–Crippen MR) is 114 cm³/mol. The molecule has 0 saturated heterocycles. The average Bonchev–Trinajstić information content (AvgIpc) is 2.65. The molecule has 3 rings (SSSR count). The van der Waals surface area contributed by atoms with E-state index in [-0.39, 0.29) is 36.8 Å². The molecule has 0 aromatic heterocycles. The van der Waals surface area contributed by atoms with Crippen LogP contribution in [0.3, 0.4) is 0 Å². The first kappa shape index (κ1) is 22.0. The molecule has 0 spiro atoms. The Morgan fingerprint density at radius 1 is 0.759 bits per heavy atom. The molecule has 0 aliphatic carbocycles. The van der Waals surface area contributed by atoms with Crippen LogP contribution < -0.4 is 0 Å². The Balaban J connectivity index is 2.61. The van der Waals surface area contributed by atoms with Crippen molar-refractivity contribution in [3.8, 4) is 11.5 Å². The molecule has 0 amide bonds. The van der Waals surface area contributed by atoms with Crippen molar-refractivity contribution >= 4 is 56.5 Å². The van der Waals surface area contributed by atoms with Crippen LogP contribution in [0.1, 0.15) is 16.7 Å². The number of phenols is 2. The van der Waals surface area contributed by atoms with E-state index in [4.69, 9.17) is 46.4 Å². The molecule has 0 heterocycles. The Hall–Kier alpha value is -1.67. The highest BCUT2D eigenvalue weighted by molar-refractivity contribution is 7.87. The van der Waals surface area contributed by atoms with Gasteiger partial charge in [-0.05, 0) is 29.8 Å². The van der Waals surface area contributed by atoms with Crippen LogP contribution in [0.5, 0.6) is 11.5 Å². The standard InChI is InChI=1S/C19H12Cl4O5S/c20-13-4-2-1-3-11(13)19(29(26,27)28,10-5-7-14(21)16(24)9-10)12-6-8-15(22)17(23)18(12)25/h1-9,24-25H,(H,26,27,28). The molecule has 29 heavy (non-hydrogen) atoms. The second-order valence-electron chi connectivity index (χ2n) is 6.06. The molecule has 0 aliphatic rings. The zero-order chi connectivity index (χ0) is 21.6. The molecule has 3 aromatic carbocycles. The third-order valence-corrected chi connectivity index (χ3v) is 7.33. The maximum atomic E-state index is 12.9. The minimum Gasteiger partial charge on any atom is -0.506 e. The lowest BCUT2D eigenvalue weighted by Gasteiger charge is -2.34. The van der Waals surface area contributed by atoms with E-state index in [2.05, 4.69) is 0 Å². The average molecular weight is 494 g/mol. The Kier molecular flexibility index (Phi) is 5.98. The third-order valence-electron chi connectivity index (χ3n) is 4.44. The smallest absolute Gasteiger partial charge is 0.283 e. The highest BCUT2D eigenvalue weighted by Gasteiger charge is 2.51. The van der Waals surface area contributed by atoms with Gasteiger partial charge in [-0.2, -0.15) is 8.42 Å². The van der Waals surface area contributed by atoms with Gasteiger partial charge in [-0.3, -0.25) is 4.55 Å². The number of benzene rings is 3. The van der Waals surface area contributed by atoms with Crippen LogP contribution in [0.25, 0.3) is 0 Å². The second-order valence-corrected chi connectivity index (χ2v) is 9.22. The van der Waals surface area contributed by atoms with E-state index in [9.17, 15) is 23.2 Å². The van der Waals surface area contributed by atoms with Crippen molar-refractivity contribution in [2.75, 3.05) is 0 Å². The molecule has 3 aromatic rings. The van der Waals surface area contributed by atoms with Crippen LogP contribution in [0.4, 0.5) is 0 Å². The normalized spacial score (nSPS) is 13.8. The summed E-state index contributed by atoms with van der Waals surface area (Å²) in [5.74, 6) is -1.12. The molecule has 3 N–H and O–H groups in total. The summed E-state index contributed by atoms with van der Waals surface area (Å²) in [5, 5.41) is 20.4. The van der Waals surface area contributed by atoms with Gasteiger partial charge in [-0.15, -0.1) is 0 Å². The van der Waals surface area contributed by atoms with Crippen molar-refractivity contribution in [3.63, 3.8) is 0 Å². The number of hydrogen-bond donors (Lipinski definition) is 3. The lowest BCUT2D eigenvalue weighted by Crippen LogP contribution is -2.38. The zero-order valence-corrected chi connectivity index (χ0v) is 18.1. The number of rotatable bonds is 4. The first-order chi connectivity index (χ1) is 13.5. The topological polar surface area (TPSA) is 94.8 Å². The Morgan fingerprint density at radius 3 is 1.97 bits per heavy atom. The van der Waals surface area contributed by atoms with Crippen molar-refractivity contribution in [3.05, 3.63) is 91.4 Å². The molecule has 0 radical (unpaired) electrons. The van der Waals surface area contributed by atoms with E-state index in [1.807, 2.05) is 0 Å². The summed E-state index contributed by atoms with van der Waals surface area (Å²) < 4.78 is 33.9. The van der Waals surface area contributed by atoms with Gasteiger partial charge in [0.2, 0.25) is 0 Å². The monoisotopic (exact) mass is 492 g/mol. The molecule has 1 atom stereocenters. The molecular formula is C19H12Cl4O5S. The van der Waals surface area contributed by atoms with E-state index in [1.54, 1.807) is 6.07 Å². The van der Waals surface area contributed by atoms with E-state index in [0.717, 1.165) is 6.07 Å². The lowest BCUT2D eigenvalue weighted by molar-refractivity contribution is 0.439. The van der Waals surface area contributed by atoms with Crippen molar-refractivity contribution in [2.24, 2.45) is 0 Å². The summed E-state index contributed by atoms with van der Waals surface area (Å²) in [7, 11) is -5.09. The van der Waals surface area contributed by atoms with E-state index >= 15 is 0 Å². The molecule has 10 heteroatoms. The van der Waals surface area contributed by atoms with Gasteiger partial charge in [-0.1, -0.05) is 76.7 Å². The predicted octanol–water partition coefficient (Wildman–Crippen LogP) is 5.89. The van der Waals surface area contributed by atoms with Gasteiger partial charge in [-0.25, -0.2) is 0 Å². The zero-order valence-electron chi connectivity index (χ0n) is 14.3. The Bertz CT molecular complexity index is 1210. The molecule has 5 nitrogen and oxygen atoms in total. The molecule has 152 valence electrons. The Labute approximate surface area is 186 Å². The highest BCUT2D eigenvalue weighted by Crippen LogP contribution is 2.52. The largest absolute Gasteiger partial charge is 0.506 e. The van der Waals surface area contributed by atoms with Gasteiger partial charge in [0.15, 0.2) is 4.75 Å². The van der Waals surface area contributed by atoms with Crippen LogP contribution in [-0.4, -0.2) is 23.2 Å². The Morgan fingerprint density at radius 2 is 1.38 bits per heavy atom. The van der Waals surface area contributed by atoms with Crippen LogP contribution in [0.15, 0.2) is 54.6 Å². The summed E-state index contributed by atoms with van der Waals surface area (Å²) in [4.78, 5) is 0. The summed E-state index contributed by atoms with van der Waals surface area (Å²) in [6.07, 6.45) is 0. The maximum Gasteiger partial charge on any atom is 0.283 e. The van der Waals surface area contributed by atoms with Crippen LogP contribution in [-0.2, 0) is 14.9 Å². The van der Waals surface area contributed by atoms with E-state index < -0.39 is 26.4 Å². The number of phenolic OH excluding ortho intramolecular Hbond substituents is 2. The molecule has 0 aliphatic heterocycles. The SMILES string of the molecule is O=S(=O)(O)C(c1ccc(Cl)c(O)c1)(c1ccccc1Cl)c1ccc(Cl)c(Cl)c1O. The first-order valence-corrected chi connectivity index (χ1v) is 10.9. The van der Waals surface area contributed by atoms with Crippen LogP contribution >= 0.6 is 46.4 Å². The number of hydrogen-bond acceptors (Lipinski definition) is 4. The molecule has 1 unspecified atom stereocenters. The van der Waals surface area contributed by atoms with E-state index in [1.165, 1.54) is 42.5 Å². The van der Waals surface area contributed by atoms with Crippen molar-refractivity contribution in [1.29, 1.82) is 0 Å². The van der Waals surface area contributed by atoms with Crippen molar-refractivity contribution in [2.45, 2.75) is 4.75 Å². The summed E-state index contributed by atoms with van der Waals surface area (Å²) >= 11 is 24.2. The fourth-order valence-corrected chi connectivity index (χ4v) is 5.28. The highest BCUT2D eigenvalue weighted by atomic mass is 35.5. The van der Waals surface area contributed by atoms with E-state index in [0.29, 0.717) is 0 Å². The minimum absolute atomic E-state index is 0.0231. The molecular weight excluding hydrogens is 482 g/mol. The lowest BCUT2D eigenvalue weighted by atomic mass is 9.83. The fraction of sp³-hybridized carbons (Fsp3) is 0.0526. The number of aromatic hydroxyl groups is 2. The second kappa shape index (κ2) is 7.87. The van der Waals surface area contributed by atoms with Crippen LogP contribution in [0, 0.1) is 0 Å². The van der Waals surface area contributed by atoms with Gasteiger partial charge in [0.05, 0.1) is 10.0 Å². The van der Waals surface area contributed by atoms with Crippen molar-refractivity contribution < 1.29 is 23.2 Å². The first-order valence-electron chi connectivity index (χ1n) is 7.90.